The number of nitrogens with one attached hydrogen (secondary N) is 2. The molecule has 0 aromatic heterocycles. The molecule has 604 valence electrons. The number of halogens is 2. The number of ether oxygens (including phenoxy) is 4. The van der Waals surface area contributed by atoms with Gasteiger partial charge in [-0.1, -0.05) is 77.7 Å². The highest BCUT2D eigenvalue weighted by molar-refractivity contribution is 7.99. The fraction of sp³-hybridized carbons (Fsp3) is 0.823. The lowest BCUT2D eigenvalue weighted by molar-refractivity contribution is -0.237. The Morgan fingerprint density at radius 3 is 1.46 bits per heavy atom. The van der Waals surface area contributed by atoms with Gasteiger partial charge in [-0.15, -0.1) is 46.7 Å². The van der Waals surface area contributed by atoms with Gasteiger partial charge in [0.05, 0.1) is 47.1 Å². The normalized spacial score (nSPS) is 44.7. The van der Waals surface area contributed by atoms with E-state index in [1.54, 1.807) is 50.7 Å². The molecule has 8 aliphatic carbocycles. The Morgan fingerprint density at radius 1 is 0.626 bits per heavy atom. The van der Waals surface area contributed by atoms with Crippen molar-refractivity contribution in [1.29, 1.82) is 0 Å². The maximum atomic E-state index is 13.8. The van der Waals surface area contributed by atoms with Crippen LogP contribution in [0.3, 0.4) is 0 Å². The molecule has 0 aromatic rings. The number of amides is 2. The molecule has 12 N–H and O–H groups in total. The van der Waals surface area contributed by atoms with Gasteiger partial charge in [0, 0.05) is 46.6 Å². The van der Waals surface area contributed by atoms with E-state index in [2.05, 4.69) is 38.3 Å². The molecule has 2 amide bonds. The quantitative estimate of drug-likeness (QED) is 0.0389. The molecule has 6 saturated carbocycles. The van der Waals surface area contributed by atoms with Gasteiger partial charge in [0.15, 0.2) is 23.1 Å². The van der Waals surface area contributed by atoms with Gasteiger partial charge >= 0.3 is 0 Å². The number of hydrogen-bond donors (Lipinski definition) is 12. The number of carbonyl (C=O) groups is 6. The molecule has 4 saturated heterocycles. The fourth-order valence-corrected chi connectivity index (χ4v) is 24.3. The first-order chi connectivity index (χ1) is 50.4. The number of ketones is 4. The maximum absolute atomic E-state index is 13.8. The number of fused-ring (bicyclic) bond motifs is 10. The van der Waals surface area contributed by atoms with Gasteiger partial charge in [0.2, 0.25) is 11.8 Å². The standard InChI is InChI=1S/C40H61ClN2O10S.C21H28O5.C18H33ClN2O5S/c1-7-8-22-15-27(43(5)18-22)36(49)42-31(21(2)41)34-32(47)33(48)35(37(53-34)54-6)52-20-51-19-29(46)40(50)14-12-26-25-10-9-23-16-24(44)11-13-38(23,3)30(25)28(45)17-39(26,40)4;1-19-7-5-13(23)9-12(19)3-4-14-15-6-8-21(26,17(25)11-22)20(15,2)10-16(24)18(14)19;1-5-6-10-7-11(21(3)8-10)17(25)20-12(9(2)19)16-14(23)13(22)15(24)18(26-16)27-4/h11,13,16,21-22,25-28,30-35,37,45,47-48,50H,7-10,12,14-15,17-20H2,1-6H3,(H,42,49);5,7,9,14-16,18,22,24,26H,3-4,6,8,10-11H2,1-2H3;9-16,18,22-24H,5-8H2,1-4H3,(H,20,25)/t21?,22-,25+,26+,27+,28+,30-,31?,32-,33+,34-,35-,37-,38+,39+,40+;14-,15-,16-,18+,19-,20-,21-;9?,10-,11+,12?,13+,14-,15-,16-,18-/m101/s1. The first kappa shape index (κ1) is 86.6. The number of rotatable bonds is 22. The highest BCUT2D eigenvalue weighted by Gasteiger charge is 2.70. The van der Waals surface area contributed by atoms with Crippen molar-refractivity contribution in [2.75, 3.05) is 59.7 Å². The SMILES string of the molecule is CCC[C@@H]1C[C@@H](C(=O)NC(C(C)Cl)[C@H]2O[C@H](SC)[C@H](O)[C@@H](O)[C@H]2O)N(C)C1.CCC[C@@H]1C[C@@H](C(=O)NC(C(C)Cl)[C@H]2O[C@H](SC)[C@H](OCOCC(=O)[C@@]3(O)CC[C@H]4[C@@H]5CCC6=CC(=O)C=C[C@]6(C)[C@H]5[C@@H](O)C[C@@]43C)[C@@H](O)[C@H]2O)N(C)C1.C[C@]12C=CC(=O)C=C1CC[C@@H]1[C@@H]2[C@@H](O)C[C@@]2(C)[C@H]1CC[C@]2(O)C(=O)CO. The molecule has 0 bridgehead atoms. The molecule has 0 spiro atoms. The van der Waals surface area contributed by atoms with E-state index >= 15 is 0 Å². The number of nitrogens with zero attached hydrogens (tertiary/aromatic N) is 2. The number of aliphatic hydroxyl groups is 10. The maximum Gasteiger partial charge on any atom is 0.237 e. The van der Waals surface area contributed by atoms with E-state index in [0.29, 0.717) is 31.1 Å². The number of carbonyl (C=O) groups excluding carboxylic acids is 6. The van der Waals surface area contributed by atoms with Crippen molar-refractivity contribution in [3.63, 3.8) is 0 Å². The van der Waals surface area contributed by atoms with E-state index in [9.17, 15) is 79.8 Å². The van der Waals surface area contributed by atoms with Crippen molar-refractivity contribution in [1.82, 2.24) is 20.4 Å². The lowest BCUT2D eigenvalue weighted by Gasteiger charge is -2.59. The van der Waals surface area contributed by atoms with Gasteiger partial charge < -0.3 is 80.6 Å². The van der Waals surface area contributed by atoms with Crippen LogP contribution in [-0.2, 0) is 47.7 Å². The monoisotopic (exact) mass is 1580 g/mol. The summed E-state index contributed by atoms with van der Waals surface area (Å²) in [5, 5.41) is 113. The van der Waals surface area contributed by atoms with E-state index in [0.717, 1.165) is 94.9 Å². The smallest absolute Gasteiger partial charge is 0.237 e. The van der Waals surface area contributed by atoms with Crippen LogP contribution in [0.4, 0.5) is 0 Å². The summed E-state index contributed by atoms with van der Waals surface area (Å²) in [6.45, 7) is 15.9. The number of likely N-dealkylation sites (tertiary alicyclic amines) is 2. The minimum Gasteiger partial charge on any atom is -0.393 e. The summed E-state index contributed by atoms with van der Waals surface area (Å²) in [6, 6.07) is -2.05. The Labute approximate surface area is 649 Å². The molecule has 0 aromatic carbocycles. The number of allylic oxidation sites excluding steroid dienone is 8. The molecule has 0 radical (unpaired) electrons. The molecular formula is C79H122Cl2N4O20S2. The zero-order valence-corrected chi connectivity index (χ0v) is 67.5. The second-order valence-electron chi connectivity index (χ2n) is 34.3. The minimum atomic E-state index is -1.71. The number of aliphatic hydroxyl groups excluding tert-OH is 8. The third-order valence-electron chi connectivity index (χ3n) is 28.2. The third-order valence-corrected chi connectivity index (χ3v) is 30.4. The zero-order chi connectivity index (χ0) is 78.5. The van der Waals surface area contributed by atoms with Crippen LogP contribution >= 0.6 is 46.7 Å². The second-order valence-corrected chi connectivity index (χ2v) is 37.6. The lowest BCUT2D eigenvalue weighted by Crippen LogP contribution is -2.65. The van der Waals surface area contributed by atoms with Crippen LogP contribution in [-0.4, -0.2) is 274 Å². The molecule has 28 heteroatoms. The van der Waals surface area contributed by atoms with Crippen molar-refractivity contribution in [2.24, 2.45) is 69.0 Å². The summed E-state index contributed by atoms with van der Waals surface area (Å²) in [7, 11) is 3.87. The van der Waals surface area contributed by atoms with Crippen LogP contribution in [0.2, 0.25) is 0 Å². The Hall–Kier alpha value is -2.78. The predicted molar refractivity (Wildman–Crippen MR) is 406 cm³/mol. The van der Waals surface area contributed by atoms with E-state index in [-0.39, 0.29) is 89.2 Å². The molecule has 12 rings (SSSR count). The summed E-state index contributed by atoms with van der Waals surface area (Å²) >= 11 is 15.4. The van der Waals surface area contributed by atoms with Crippen molar-refractivity contribution in [3.8, 4) is 0 Å². The molecular weight excluding hydrogens is 1460 g/mol. The van der Waals surface area contributed by atoms with Gasteiger partial charge in [0.1, 0.15) is 90.9 Å². The van der Waals surface area contributed by atoms with E-state index in [1.165, 1.54) is 23.5 Å². The molecule has 12 aliphatic rings. The molecule has 10 fully saturated rings. The van der Waals surface area contributed by atoms with Gasteiger partial charge in [-0.3, -0.25) is 38.6 Å². The number of Topliss-reactive ketones (excluding diaryl/α,β-unsaturated/α-hetero) is 2. The van der Waals surface area contributed by atoms with Gasteiger partial charge in [-0.25, -0.2) is 0 Å². The van der Waals surface area contributed by atoms with Crippen LogP contribution in [0, 0.1) is 69.0 Å². The van der Waals surface area contributed by atoms with E-state index < -0.39 is 154 Å². The average molecular weight is 1580 g/mol. The highest BCUT2D eigenvalue weighted by atomic mass is 35.5. The van der Waals surface area contributed by atoms with Gasteiger partial charge in [-0.2, -0.15) is 0 Å². The van der Waals surface area contributed by atoms with E-state index in [1.807, 2.05) is 49.9 Å². The summed E-state index contributed by atoms with van der Waals surface area (Å²) in [6.07, 6.45) is 14.4. The van der Waals surface area contributed by atoms with Crippen LogP contribution in [0.5, 0.6) is 0 Å². The molecule has 24 nitrogen and oxygen atoms in total. The highest BCUT2D eigenvalue weighted by Crippen LogP contribution is 2.69. The van der Waals surface area contributed by atoms with Crippen molar-refractivity contribution >= 4 is 81.7 Å². The fourth-order valence-electron chi connectivity index (χ4n) is 22.5. The minimum absolute atomic E-state index is 0.00757. The summed E-state index contributed by atoms with van der Waals surface area (Å²) < 4.78 is 23.6. The Morgan fingerprint density at radius 2 is 1.05 bits per heavy atom. The summed E-state index contributed by atoms with van der Waals surface area (Å²) in [4.78, 5) is 80.5. The lowest BCUT2D eigenvalue weighted by atomic mass is 9.46. The van der Waals surface area contributed by atoms with Crippen molar-refractivity contribution < 1.29 is 98.8 Å². The zero-order valence-electron chi connectivity index (χ0n) is 64.3. The topological polar surface area (TPSA) is 372 Å². The molecule has 32 atom stereocenters. The van der Waals surface area contributed by atoms with Gasteiger partial charge in [-0.05, 0) is 190 Å². The van der Waals surface area contributed by atoms with Crippen molar-refractivity contribution in [3.05, 3.63) is 47.6 Å². The second kappa shape index (κ2) is 34.7. The third kappa shape index (κ3) is 16.4. The van der Waals surface area contributed by atoms with Crippen LogP contribution in [0.1, 0.15) is 158 Å². The Kier molecular flexibility index (Phi) is 28.1. The first-order valence-electron chi connectivity index (χ1n) is 39.0. The Bertz CT molecular complexity index is 3330. The summed E-state index contributed by atoms with van der Waals surface area (Å²) in [5.41, 5.74) is -4.98. The summed E-state index contributed by atoms with van der Waals surface area (Å²) in [5.74, 6) is -0.184. The Balaban J connectivity index is 0.000000192. The molecule has 107 heavy (non-hydrogen) atoms. The number of hydrogen-bond acceptors (Lipinski definition) is 24. The predicted octanol–water partition coefficient (Wildman–Crippen LogP) is 4.91. The molecule has 4 aliphatic heterocycles. The van der Waals surface area contributed by atoms with Crippen LogP contribution in [0.25, 0.3) is 0 Å². The first-order valence-corrected chi connectivity index (χ1v) is 42.5. The van der Waals surface area contributed by atoms with Crippen LogP contribution < -0.4 is 10.6 Å². The molecule has 4 heterocycles. The van der Waals surface area contributed by atoms with Gasteiger partial charge in [0.25, 0.3) is 0 Å². The average Bonchev–Trinajstić information content (AvgIpc) is 1.62. The van der Waals surface area contributed by atoms with E-state index in [4.69, 9.17) is 42.1 Å². The van der Waals surface area contributed by atoms with Crippen LogP contribution in [0.15, 0.2) is 47.6 Å². The number of alkyl halides is 2. The largest absolute Gasteiger partial charge is 0.393 e. The number of thioether (sulfide) groups is 2. The van der Waals surface area contributed by atoms with Crippen molar-refractivity contribution in [2.45, 2.75) is 276 Å². The molecule has 4 unspecified atom stereocenters. The number of likely N-dealkylation sites (N-methyl/N-ethyl adjacent to an activating group) is 2.